The minimum Gasteiger partial charge on any atom is -0.324 e. The lowest BCUT2D eigenvalue weighted by Crippen LogP contribution is -2.63. The lowest BCUT2D eigenvalue weighted by atomic mass is 9.49. The van der Waals surface area contributed by atoms with Crippen LogP contribution >= 0.6 is 0 Å². The first kappa shape index (κ1) is 22.9. The fourth-order valence-electron chi connectivity index (χ4n) is 12.6. The third kappa shape index (κ3) is 3.58. The topological polar surface area (TPSA) is 40.6 Å². The van der Waals surface area contributed by atoms with Gasteiger partial charge < -0.3 is 9.80 Å². The molecule has 0 spiro atoms. The van der Waals surface area contributed by atoms with Crippen molar-refractivity contribution in [1.29, 1.82) is 0 Å². The fourth-order valence-corrected chi connectivity index (χ4v) is 12.6. The lowest BCUT2D eigenvalue weighted by molar-refractivity contribution is -0.174. The number of nitrogens with zero attached hydrogens (tertiary/aromatic N) is 2. The molecule has 36 heavy (non-hydrogen) atoms. The largest absolute Gasteiger partial charge is 0.324 e. The highest BCUT2D eigenvalue weighted by Crippen LogP contribution is 2.62. The molecule has 9 saturated carbocycles. The smallest absolute Gasteiger partial charge is 0.230 e. The summed E-state index contributed by atoms with van der Waals surface area (Å²) in [6.07, 6.45) is 21.8. The Labute approximate surface area is 218 Å². The van der Waals surface area contributed by atoms with E-state index in [1.54, 1.807) is 0 Å². The van der Waals surface area contributed by atoms with Crippen molar-refractivity contribution in [2.24, 2.45) is 58.2 Å². The van der Waals surface area contributed by atoms with Gasteiger partial charge in [0.05, 0.1) is 17.5 Å². The zero-order valence-corrected chi connectivity index (χ0v) is 22.5. The van der Waals surface area contributed by atoms with E-state index < -0.39 is 0 Å². The fraction of sp³-hybridized carbons (Fsp3) is 0.938. The van der Waals surface area contributed by atoms with Gasteiger partial charge >= 0.3 is 0 Å². The molecule has 10 rings (SSSR count). The predicted octanol–water partition coefficient (Wildman–Crippen LogP) is 6.24. The van der Waals surface area contributed by atoms with Crippen LogP contribution in [0.5, 0.6) is 0 Å². The number of hydrogen-bond acceptors (Lipinski definition) is 2. The molecule has 0 aromatic carbocycles. The molecule has 2 amide bonds. The van der Waals surface area contributed by atoms with Gasteiger partial charge in [-0.05, 0) is 124 Å². The molecular formula is C32H48N2O2. The standard InChI is InChI=1S/C32H48N2O2/c35-29(31-12-21-6-22(13-31)8-23(7-21)14-31)33-18-28(27-4-2-1-3-5-27)19-34(20-33)30(36)32-15-24-9-25(16-32)11-26(10-24)17-32/h21-28H,1-20H2. The summed E-state index contributed by atoms with van der Waals surface area (Å²) in [7, 11) is 0. The van der Waals surface area contributed by atoms with E-state index in [2.05, 4.69) is 9.80 Å². The van der Waals surface area contributed by atoms with Gasteiger partial charge in [0, 0.05) is 13.1 Å². The van der Waals surface area contributed by atoms with Crippen molar-refractivity contribution >= 4 is 11.8 Å². The highest BCUT2D eigenvalue weighted by molar-refractivity contribution is 5.86. The summed E-state index contributed by atoms with van der Waals surface area (Å²) in [6.45, 7) is 2.45. The van der Waals surface area contributed by atoms with Crippen molar-refractivity contribution in [3.05, 3.63) is 0 Å². The Bertz CT molecular complexity index is 785. The van der Waals surface area contributed by atoms with Crippen LogP contribution in [0, 0.1) is 58.2 Å². The minimum atomic E-state index is -0.0847. The van der Waals surface area contributed by atoms with Crippen LogP contribution in [-0.2, 0) is 9.59 Å². The molecule has 8 bridgehead atoms. The molecule has 0 atom stereocenters. The Balaban J connectivity index is 1.07. The third-order valence-corrected chi connectivity index (χ3v) is 13.1. The Kier molecular flexibility index (Phi) is 5.22. The van der Waals surface area contributed by atoms with Crippen LogP contribution < -0.4 is 0 Å². The Morgan fingerprint density at radius 2 is 0.861 bits per heavy atom. The minimum absolute atomic E-state index is 0.0847. The summed E-state index contributed by atoms with van der Waals surface area (Å²) in [5, 5.41) is 0. The van der Waals surface area contributed by atoms with E-state index in [0.717, 1.165) is 87.1 Å². The quantitative estimate of drug-likeness (QED) is 0.468. The maximum Gasteiger partial charge on any atom is 0.230 e. The molecular weight excluding hydrogens is 444 g/mol. The predicted molar refractivity (Wildman–Crippen MR) is 140 cm³/mol. The molecule has 198 valence electrons. The van der Waals surface area contributed by atoms with Crippen LogP contribution in [0.15, 0.2) is 0 Å². The van der Waals surface area contributed by atoms with Gasteiger partial charge in [0.25, 0.3) is 0 Å². The molecule has 0 N–H and O–H groups in total. The zero-order chi connectivity index (χ0) is 24.1. The lowest BCUT2D eigenvalue weighted by Gasteiger charge is -2.59. The molecule has 10 fully saturated rings. The second-order valence-corrected chi connectivity index (χ2v) is 15.8. The van der Waals surface area contributed by atoms with Crippen LogP contribution in [0.1, 0.15) is 109 Å². The molecule has 0 radical (unpaired) electrons. The average Bonchev–Trinajstić information content (AvgIpc) is 2.86. The second-order valence-electron chi connectivity index (χ2n) is 15.8. The monoisotopic (exact) mass is 492 g/mol. The number of rotatable bonds is 3. The average molecular weight is 493 g/mol. The molecule has 1 heterocycles. The van der Waals surface area contributed by atoms with Gasteiger partial charge in [0.2, 0.25) is 11.8 Å². The third-order valence-electron chi connectivity index (χ3n) is 13.1. The van der Waals surface area contributed by atoms with Gasteiger partial charge in [-0.2, -0.15) is 0 Å². The van der Waals surface area contributed by atoms with Crippen LogP contribution in [0.3, 0.4) is 0 Å². The van der Waals surface area contributed by atoms with E-state index >= 15 is 0 Å². The summed E-state index contributed by atoms with van der Waals surface area (Å²) in [5.74, 6) is 6.90. The van der Waals surface area contributed by atoms with E-state index in [1.807, 2.05) is 0 Å². The van der Waals surface area contributed by atoms with Crippen LogP contribution in [0.25, 0.3) is 0 Å². The van der Waals surface area contributed by atoms with Gasteiger partial charge in [0.15, 0.2) is 0 Å². The highest BCUT2D eigenvalue weighted by Gasteiger charge is 2.58. The molecule has 0 aromatic rings. The van der Waals surface area contributed by atoms with Crippen molar-refractivity contribution in [1.82, 2.24) is 9.80 Å². The number of carbonyl (C=O) groups excluding carboxylic acids is 2. The first-order valence-corrected chi connectivity index (χ1v) is 16.1. The summed E-state index contributed by atoms with van der Waals surface area (Å²) < 4.78 is 0. The van der Waals surface area contributed by atoms with Gasteiger partial charge in [-0.25, -0.2) is 0 Å². The first-order chi connectivity index (χ1) is 17.5. The molecule has 0 unspecified atom stereocenters. The van der Waals surface area contributed by atoms with Crippen molar-refractivity contribution in [3.63, 3.8) is 0 Å². The summed E-state index contributed by atoms with van der Waals surface area (Å²) in [5.41, 5.74) is -0.169. The number of carbonyl (C=O) groups is 2. The Morgan fingerprint density at radius 1 is 0.500 bits per heavy atom. The first-order valence-electron chi connectivity index (χ1n) is 16.1. The molecule has 1 saturated heterocycles. The summed E-state index contributed by atoms with van der Waals surface area (Å²) in [4.78, 5) is 33.5. The van der Waals surface area contributed by atoms with Gasteiger partial charge in [-0.1, -0.05) is 32.1 Å². The van der Waals surface area contributed by atoms with Gasteiger partial charge in [-0.15, -0.1) is 0 Å². The molecule has 4 nitrogen and oxygen atoms in total. The maximum absolute atomic E-state index is 14.5. The van der Waals surface area contributed by atoms with Crippen LogP contribution in [0.4, 0.5) is 0 Å². The van der Waals surface area contributed by atoms with E-state index in [1.165, 1.54) is 70.6 Å². The number of amides is 2. The van der Waals surface area contributed by atoms with Gasteiger partial charge in [-0.3, -0.25) is 9.59 Å². The van der Waals surface area contributed by atoms with Crippen LogP contribution in [0.2, 0.25) is 0 Å². The van der Waals surface area contributed by atoms with Gasteiger partial charge in [0.1, 0.15) is 0 Å². The van der Waals surface area contributed by atoms with Crippen molar-refractivity contribution in [3.8, 4) is 0 Å². The molecule has 10 aliphatic rings. The Morgan fingerprint density at radius 3 is 1.22 bits per heavy atom. The van der Waals surface area contributed by atoms with Crippen molar-refractivity contribution in [2.45, 2.75) is 109 Å². The zero-order valence-electron chi connectivity index (χ0n) is 22.5. The normalized spacial score (nSPS) is 49.6. The maximum atomic E-state index is 14.5. The second kappa shape index (κ2) is 8.22. The van der Waals surface area contributed by atoms with E-state index in [0.29, 0.717) is 30.3 Å². The summed E-state index contributed by atoms with van der Waals surface area (Å²) in [6, 6.07) is 0. The summed E-state index contributed by atoms with van der Waals surface area (Å²) >= 11 is 0. The number of hydrogen-bond donors (Lipinski definition) is 0. The van der Waals surface area contributed by atoms with Crippen LogP contribution in [-0.4, -0.2) is 41.4 Å². The molecule has 1 aliphatic heterocycles. The SMILES string of the molecule is O=C(N1CC(C2CCCCC2)CN(C(=O)C23CC4CC(CC(C4)C2)C3)C1)C12CC3CC(CC(C3)C1)C2. The van der Waals surface area contributed by atoms with E-state index in [4.69, 9.17) is 0 Å². The molecule has 9 aliphatic carbocycles. The highest BCUT2D eigenvalue weighted by atomic mass is 16.2. The molecule has 4 heteroatoms. The van der Waals surface area contributed by atoms with Crippen molar-refractivity contribution < 1.29 is 9.59 Å². The van der Waals surface area contributed by atoms with Crippen molar-refractivity contribution in [2.75, 3.05) is 19.8 Å². The molecule has 0 aromatic heterocycles. The Hall–Kier alpha value is -1.06. The van der Waals surface area contributed by atoms with E-state index in [-0.39, 0.29) is 10.8 Å². The van der Waals surface area contributed by atoms with E-state index in [9.17, 15) is 9.59 Å².